The molecule has 0 bridgehead atoms. The van der Waals surface area contributed by atoms with Crippen LogP contribution in [0.2, 0.25) is 0 Å². The van der Waals surface area contributed by atoms with Crippen molar-refractivity contribution < 1.29 is 9.59 Å². The normalized spacial score (nSPS) is 23.3. The molecule has 0 spiro atoms. The number of carbonyl (C=O) groups excluding carboxylic acids is 2. The molecule has 0 radical (unpaired) electrons. The highest BCUT2D eigenvalue weighted by molar-refractivity contribution is 6.01. The predicted octanol–water partition coefficient (Wildman–Crippen LogP) is 0.0241. The second kappa shape index (κ2) is 4.61. The number of rotatable bonds is 3. The topological polar surface area (TPSA) is 52.7 Å². The fraction of sp³-hybridized carbons (Fsp3) is 0.800. The first-order valence-corrected chi connectivity index (χ1v) is 5.58. The Labute approximate surface area is 89.4 Å². The average molecular weight is 211 g/mol. The summed E-state index contributed by atoms with van der Waals surface area (Å²) in [5.41, 5.74) is 0. The molecule has 84 valence electrons. The molecular formula is C10H17N3O2. The average Bonchev–Trinajstić information content (AvgIpc) is 2.58. The Kier molecular flexibility index (Phi) is 3.20. The number of likely N-dealkylation sites (tertiary alicyclic amines) is 1. The maximum absolute atomic E-state index is 11.3. The van der Waals surface area contributed by atoms with Crippen molar-refractivity contribution in [2.24, 2.45) is 0 Å². The van der Waals surface area contributed by atoms with Gasteiger partial charge in [-0.05, 0) is 25.9 Å². The van der Waals surface area contributed by atoms with E-state index >= 15 is 0 Å². The summed E-state index contributed by atoms with van der Waals surface area (Å²) in [5, 5.41) is 2.53. The first kappa shape index (κ1) is 10.4. The zero-order valence-corrected chi connectivity index (χ0v) is 8.87. The van der Waals surface area contributed by atoms with E-state index in [9.17, 15) is 9.59 Å². The molecule has 2 aliphatic rings. The van der Waals surface area contributed by atoms with E-state index in [0.717, 1.165) is 19.6 Å². The number of amides is 3. The zero-order valence-electron chi connectivity index (χ0n) is 8.87. The molecule has 0 aliphatic carbocycles. The van der Waals surface area contributed by atoms with E-state index in [-0.39, 0.29) is 18.5 Å². The van der Waals surface area contributed by atoms with Crippen molar-refractivity contribution in [1.29, 1.82) is 0 Å². The van der Waals surface area contributed by atoms with Crippen molar-refractivity contribution >= 4 is 11.9 Å². The molecule has 15 heavy (non-hydrogen) atoms. The lowest BCUT2D eigenvalue weighted by Crippen LogP contribution is -2.40. The van der Waals surface area contributed by atoms with Crippen molar-refractivity contribution in [3.05, 3.63) is 0 Å². The Balaban J connectivity index is 1.76. The monoisotopic (exact) mass is 211 g/mol. The molecule has 5 nitrogen and oxygen atoms in total. The van der Waals surface area contributed by atoms with Crippen LogP contribution >= 0.6 is 0 Å². The van der Waals surface area contributed by atoms with Crippen LogP contribution in [-0.4, -0.2) is 54.5 Å². The molecule has 2 saturated heterocycles. The van der Waals surface area contributed by atoms with Crippen LogP contribution in [0.1, 0.15) is 19.3 Å². The van der Waals surface area contributed by atoms with Crippen molar-refractivity contribution in [1.82, 2.24) is 15.1 Å². The zero-order chi connectivity index (χ0) is 10.7. The number of carbonyl (C=O) groups is 2. The molecule has 0 atom stereocenters. The van der Waals surface area contributed by atoms with Gasteiger partial charge in [-0.2, -0.15) is 0 Å². The Bertz CT molecular complexity index is 245. The summed E-state index contributed by atoms with van der Waals surface area (Å²) in [6.07, 6.45) is 3.78. The fourth-order valence-corrected chi connectivity index (χ4v) is 2.11. The summed E-state index contributed by atoms with van der Waals surface area (Å²) in [4.78, 5) is 26.2. The molecule has 2 heterocycles. The minimum absolute atomic E-state index is 0.1000. The molecule has 0 saturated carbocycles. The summed E-state index contributed by atoms with van der Waals surface area (Å²) < 4.78 is 0. The van der Waals surface area contributed by atoms with Crippen LogP contribution < -0.4 is 5.32 Å². The van der Waals surface area contributed by atoms with Gasteiger partial charge in [-0.15, -0.1) is 0 Å². The van der Waals surface area contributed by atoms with Crippen LogP contribution in [-0.2, 0) is 4.79 Å². The number of imide groups is 1. The van der Waals surface area contributed by atoms with Gasteiger partial charge in [0, 0.05) is 13.1 Å². The van der Waals surface area contributed by atoms with E-state index in [2.05, 4.69) is 10.2 Å². The molecule has 0 aromatic carbocycles. The van der Waals surface area contributed by atoms with Crippen molar-refractivity contribution in [2.75, 3.05) is 32.7 Å². The Morgan fingerprint density at radius 3 is 2.40 bits per heavy atom. The molecule has 2 aliphatic heterocycles. The Morgan fingerprint density at radius 2 is 1.80 bits per heavy atom. The van der Waals surface area contributed by atoms with E-state index in [0.29, 0.717) is 6.54 Å². The van der Waals surface area contributed by atoms with Gasteiger partial charge in [0.1, 0.15) is 0 Å². The standard InChI is InChI=1S/C10H17N3O2/c14-9-8-11-10(15)13(9)7-6-12-4-2-1-3-5-12/h1-8H2,(H,11,15). The maximum Gasteiger partial charge on any atom is 0.324 e. The van der Waals surface area contributed by atoms with Gasteiger partial charge in [0.05, 0.1) is 6.54 Å². The summed E-state index contributed by atoms with van der Waals surface area (Å²) in [5.74, 6) is -0.1000. The van der Waals surface area contributed by atoms with Crippen LogP contribution in [0.4, 0.5) is 4.79 Å². The van der Waals surface area contributed by atoms with Gasteiger partial charge in [0.15, 0.2) is 0 Å². The van der Waals surface area contributed by atoms with Gasteiger partial charge in [-0.1, -0.05) is 6.42 Å². The third-order valence-corrected chi connectivity index (χ3v) is 3.03. The smallest absolute Gasteiger partial charge is 0.324 e. The molecule has 2 fully saturated rings. The van der Waals surface area contributed by atoms with Crippen LogP contribution in [0.3, 0.4) is 0 Å². The Hall–Kier alpha value is -1.10. The van der Waals surface area contributed by atoms with Crippen LogP contribution in [0.25, 0.3) is 0 Å². The highest BCUT2D eigenvalue weighted by Gasteiger charge is 2.28. The second-order valence-corrected chi connectivity index (χ2v) is 4.11. The fourth-order valence-electron chi connectivity index (χ4n) is 2.11. The number of nitrogens with one attached hydrogen (secondary N) is 1. The van der Waals surface area contributed by atoms with Crippen molar-refractivity contribution in [3.8, 4) is 0 Å². The number of piperidine rings is 1. The first-order chi connectivity index (χ1) is 7.27. The Morgan fingerprint density at radius 1 is 1.07 bits per heavy atom. The molecule has 0 aromatic heterocycles. The van der Waals surface area contributed by atoms with Gasteiger partial charge < -0.3 is 10.2 Å². The lowest BCUT2D eigenvalue weighted by Gasteiger charge is -2.27. The molecule has 0 unspecified atom stereocenters. The van der Waals surface area contributed by atoms with Gasteiger partial charge in [-0.3, -0.25) is 9.69 Å². The lowest BCUT2D eigenvalue weighted by molar-refractivity contribution is -0.125. The van der Waals surface area contributed by atoms with Gasteiger partial charge in [0.2, 0.25) is 5.91 Å². The third kappa shape index (κ3) is 2.47. The van der Waals surface area contributed by atoms with Crippen LogP contribution in [0.15, 0.2) is 0 Å². The van der Waals surface area contributed by atoms with E-state index in [4.69, 9.17) is 0 Å². The van der Waals surface area contributed by atoms with Crippen molar-refractivity contribution in [2.45, 2.75) is 19.3 Å². The minimum Gasteiger partial charge on any atom is -0.329 e. The largest absolute Gasteiger partial charge is 0.329 e. The van der Waals surface area contributed by atoms with Crippen molar-refractivity contribution in [3.63, 3.8) is 0 Å². The first-order valence-electron chi connectivity index (χ1n) is 5.58. The third-order valence-electron chi connectivity index (χ3n) is 3.03. The van der Waals surface area contributed by atoms with E-state index in [1.807, 2.05) is 0 Å². The highest BCUT2D eigenvalue weighted by Crippen LogP contribution is 2.08. The minimum atomic E-state index is -0.239. The summed E-state index contributed by atoms with van der Waals surface area (Å²) in [6.45, 7) is 3.72. The molecule has 5 heteroatoms. The number of urea groups is 1. The highest BCUT2D eigenvalue weighted by atomic mass is 16.2. The SMILES string of the molecule is O=C1CNC(=O)N1CCN1CCCCC1. The van der Waals surface area contributed by atoms with Gasteiger partial charge >= 0.3 is 6.03 Å². The van der Waals surface area contributed by atoms with E-state index in [1.54, 1.807) is 0 Å². The predicted molar refractivity (Wildman–Crippen MR) is 55.4 cm³/mol. The lowest BCUT2D eigenvalue weighted by atomic mass is 10.1. The summed E-state index contributed by atoms with van der Waals surface area (Å²) in [6, 6.07) is -0.239. The van der Waals surface area contributed by atoms with E-state index in [1.165, 1.54) is 24.2 Å². The molecular weight excluding hydrogens is 194 g/mol. The molecule has 0 aromatic rings. The van der Waals surface area contributed by atoms with Gasteiger partial charge in [-0.25, -0.2) is 4.79 Å². The number of hydrogen-bond acceptors (Lipinski definition) is 3. The van der Waals surface area contributed by atoms with Crippen LogP contribution in [0.5, 0.6) is 0 Å². The maximum atomic E-state index is 11.3. The van der Waals surface area contributed by atoms with E-state index < -0.39 is 0 Å². The molecule has 3 amide bonds. The molecule has 1 N–H and O–H groups in total. The second-order valence-electron chi connectivity index (χ2n) is 4.11. The van der Waals surface area contributed by atoms with Crippen LogP contribution in [0, 0.1) is 0 Å². The number of nitrogens with zero attached hydrogens (tertiary/aromatic N) is 2. The quantitative estimate of drug-likeness (QED) is 0.670. The summed E-state index contributed by atoms with van der Waals surface area (Å²) in [7, 11) is 0. The summed E-state index contributed by atoms with van der Waals surface area (Å²) >= 11 is 0. The van der Waals surface area contributed by atoms with Gasteiger partial charge in [0.25, 0.3) is 0 Å². The number of hydrogen-bond donors (Lipinski definition) is 1. The molecule has 2 rings (SSSR count).